The highest BCUT2D eigenvalue weighted by molar-refractivity contribution is 7.14. The van der Waals surface area contributed by atoms with Crippen LogP contribution in [0.15, 0.2) is 60.0 Å². The second kappa shape index (κ2) is 11.3. The number of rotatable bonds is 10. The molecule has 10 heteroatoms. The van der Waals surface area contributed by atoms with Crippen molar-refractivity contribution in [1.29, 1.82) is 0 Å². The largest absolute Gasteiger partial charge is 0.494 e. The summed E-state index contributed by atoms with van der Waals surface area (Å²) in [6, 6.07) is 13.3. The zero-order chi connectivity index (χ0) is 26.5. The van der Waals surface area contributed by atoms with E-state index in [4.69, 9.17) is 4.74 Å². The van der Waals surface area contributed by atoms with Gasteiger partial charge in [-0.25, -0.2) is 14.7 Å². The first-order valence-electron chi connectivity index (χ1n) is 12.0. The number of carbonyl (C=O) groups excluding carboxylic acids is 4. The summed E-state index contributed by atoms with van der Waals surface area (Å²) in [6.45, 7) is 5.90. The summed E-state index contributed by atoms with van der Waals surface area (Å²) in [6.07, 6.45) is 0.292. The molecule has 2 heterocycles. The first-order chi connectivity index (χ1) is 17.8. The highest BCUT2D eigenvalue weighted by Gasteiger charge is 2.47. The number of ketones is 1. The summed E-state index contributed by atoms with van der Waals surface area (Å²) >= 11 is 1.11. The molecule has 1 fully saturated rings. The molecule has 1 aromatic heterocycles. The molecule has 0 radical (unpaired) electrons. The minimum atomic E-state index is -1.16. The van der Waals surface area contributed by atoms with Crippen molar-refractivity contribution in [3.05, 3.63) is 76.8 Å². The molecule has 1 aliphatic heterocycles. The SMILES string of the molecule is CCOc1ccc(C2NC(=O)N([C@H](C(=O)Nc3nc(C(=O)CC)cs3)[C@@H](C)c3ccccc3)C2=O)cc1. The van der Waals surface area contributed by atoms with E-state index in [0.29, 0.717) is 24.3 Å². The van der Waals surface area contributed by atoms with Gasteiger partial charge >= 0.3 is 6.03 Å². The summed E-state index contributed by atoms with van der Waals surface area (Å²) in [5, 5.41) is 7.22. The first-order valence-corrected chi connectivity index (χ1v) is 12.9. The maximum absolute atomic E-state index is 13.6. The molecule has 1 unspecified atom stereocenters. The number of amides is 4. The van der Waals surface area contributed by atoms with E-state index in [1.54, 1.807) is 43.5 Å². The van der Waals surface area contributed by atoms with Gasteiger partial charge in [0.15, 0.2) is 10.9 Å². The fourth-order valence-electron chi connectivity index (χ4n) is 4.23. The highest BCUT2D eigenvalue weighted by atomic mass is 32.1. The lowest BCUT2D eigenvalue weighted by atomic mass is 9.91. The Kier molecular flexibility index (Phi) is 7.98. The molecule has 37 heavy (non-hydrogen) atoms. The van der Waals surface area contributed by atoms with Crippen LogP contribution >= 0.6 is 11.3 Å². The summed E-state index contributed by atoms with van der Waals surface area (Å²) in [4.78, 5) is 57.5. The van der Waals surface area contributed by atoms with Crippen LogP contribution in [0, 0.1) is 0 Å². The maximum Gasteiger partial charge on any atom is 0.325 e. The van der Waals surface area contributed by atoms with Gasteiger partial charge in [0.05, 0.1) is 6.61 Å². The van der Waals surface area contributed by atoms with Crippen LogP contribution in [0.5, 0.6) is 5.75 Å². The molecule has 9 nitrogen and oxygen atoms in total. The number of benzene rings is 2. The number of anilines is 1. The van der Waals surface area contributed by atoms with E-state index in [1.807, 2.05) is 37.3 Å². The normalized spacial score (nSPS) is 16.7. The van der Waals surface area contributed by atoms with Crippen LogP contribution < -0.4 is 15.4 Å². The predicted molar refractivity (Wildman–Crippen MR) is 140 cm³/mol. The summed E-state index contributed by atoms with van der Waals surface area (Å²) in [7, 11) is 0. The fraction of sp³-hybridized carbons (Fsp3) is 0.296. The molecular formula is C27H28N4O5S. The van der Waals surface area contributed by atoms with E-state index in [9.17, 15) is 19.2 Å². The lowest BCUT2D eigenvalue weighted by Gasteiger charge is -2.29. The molecular weight excluding hydrogens is 492 g/mol. The number of hydrogen-bond acceptors (Lipinski definition) is 7. The second-order valence-electron chi connectivity index (χ2n) is 8.54. The monoisotopic (exact) mass is 520 g/mol. The Hall–Kier alpha value is -4.05. The van der Waals surface area contributed by atoms with E-state index in [-0.39, 0.29) is 16.6 Å². The topological polar surface area (TPSA) is 118 Å². The summed E-state index contributed by atoms with van der Waals surface area (Å²) in [5.74, 6) is -1.11. The summed E-state index contributed by atoms with van der Waals surface area (Å²) < 4.78 is 5.46. The third-order valence-electron chi connectivity index (χ3n) is 6.18. The molecule has 0 saturated carbocycles. The van der Waals surface area contributed by atoms with Crippen LogP contribution in [0.2, 0.25) is 0 Å². The zero-order valence-electron chi connectivity index (χ0n) is 20.8. The van der Waals surface area contributed by atoms with Crippen molar-refractivity contribution in [3.8, 4) is 5.75 Å². The van der Waals surface area contributed by atoms with Gasteiger partial charge in [-0.15, -0.1) is 11.3 Å². The smallest absolute Gasteiger partial charge is 0.325 e. The van der Waals surface area contributed by atoms with Crippen LogP contribution in [-0.4, -0.2) is 46.2 Å². The van der Waals surface area contributed by atoms with Crippen molar-refractivity contribution >= 4 is 40.1 Å². The molecule has 0 aliphatic carbocycles. The third-order valence-corrected chi connectivity index (χ3v) is 6.94. The van der Waals surface area contributed by atoms with Gasteiger partial charge in [-0.2, -0.15) is 0 Å². The van der Waals surface area contributed by atoms with Gasteiger partial charge in [0.2, 0.25) is 5.91 Å². The number of ether oxygens (including phenoxy) is 1. The number of nitrogens with one attached hydrogen (secondary N) is 2. The number of aromatic nitrogens is 1. The van der Waals surface area contributed by atoms with Crippen LogP contribution in [0.1, 0.15) is 60.8 Å². The van der Waals surface area contributed by atoms with Crippen molar-refractivity contribution in [2.45, 2.75) is 45.2 Å². The molecule has 4 amide bonds. The fourth-order valence-corrected chi connectivity index (χ4v) is 4.95. The van der Waals surface area contributed by atoms with Crippen molar-refractivity contribution < 1.29 is 23.9 Å². The molecule has 2 N–H and O–H groups in total. The first kappa shape index (κ1) is 26.0. The molecule has 1 aliphatic rings. The Bertz CT molecular complexity index is 1290. The number of Topliss-reactive ketones (excluding diaryl/α,β-unsaturated/α-hetero) is 1. The molecule has 0 bridgehead atoms. The highest BCUT2D eigenvalue weighted by Crippen LogP contribution is 2.32. The Morgan fingerprint density at radius 1 is 1.11 bits per heavy atom. The van der Waals surface area contributed by atoms with Gasteiger partial charge in [0.25, 0.3) is 5.91 Å². The van der Waals surface area contributed by atoms with Crippen LogP contribution in [0.4, 0.5) is 9.93 Å². The lowest BCUT2D eigenvalue weighted by Crippen LogP contribution is -2.50. The quantitative estimate of drug-likeness (QED) is 0.299. The van der Waals surface area contributed by atoms with E-state index >= 15 is 0 Å². The van der Waals surface area contributed by atoms with E-state index < -0.39 is 35.8 Å². The number of nitrogens with zero attached hydrogens (tertiary/aromatic N) is 2. The number of thiazole rings is 1. The average Bonchev–Trinajstić information content (AvgIpc) is 3.49. The van der Waals surface area contributed by atoms with Gasteiger partial charge in [-0.1, -0.05) is 56.3 Å². The van der Waals surface area contributed by atoms with E-state index in [2.05, 4.69) is 15.6 Å². The van der Waals surface area contributed by atoms with Gasteiger partial charge < -0.3 is 15.4 Å². The van der Waals surface area contributed by atoms with Crippen LogP contribution in [0.25, 0.3) is 0 Å². The van der Waals surface area contributed by atoms with E-state index in [0.717, 1.165) is 21.8 Å². The lowest BCUT2D eigenvalue weighted by molar-refractivity contribution is -0.134. The zero-order valence-corrected chi connectivity index (χ0v) is 21.6. The van der Waals surface area contributed by atoms with Crippen molar-refractivity contribution in [2.24, 2.45) is 0 Å². The predicted octanol–water partition coefficient (Wildman–Crippen LogP) is 4.54. The standard InChI is InChI=1S/C27H28N4O5S/c1-4-21(32)20-15-37-26(28-20)30-24(33)23(16(3)17-9-7-6-8-10-17)31-25(34)22(29-27(31)35)18-11-13-19(14-12-18)36-5-2/h6-16,22-23H,4-5H2,1-3H3,(H,29,35)(H,28,30,33)/t16-,22?,23-/m0/s1. The Morgan fingerprint density at radius 3 is 2.46 bits per heavy atom. The number of hydrogen-bond donors (Lipinski definition) is 2. The minimum Gasteiger partial charge on any atom is -0.494 e. The Morgan fingerprint density at radius 2 is 1.81 bits per heavy atom. The Balaban J connectivity index is 1.64. The van der Waals surface area contributed by atoms with Crippen molar-refractivity contribution in [1.82, 2.24) is 15.2 Å². The van der Waals surface area contributed by atoms with Gasteiger partial charge in [0, 0.05) is 17.7 Å². The molecule has 3 atom stereocenters. The van der Waals surface area contributed by atoms with Gasteiger partial charge in [-0.3, -0.25) is 14.4 Å². The molecule has 3 aromatic rings. The summed E-state index contributed by atoms with van der Waals surface area (Å²) in [5.41, 5.74) is 1.63. The third kappa shape index (κ3) is 5.54. The molecule has 0 spiro atoms. The second-order valence-corrected chi connectivity index (χ2v) is 9.40. The van der Waals surface area contributed by atoms with Gasteiger partial charge in [0.1, 0.15) is 23.5 Å². The minimum absolute atomic E-state index is 0.141. The van der Waals surface area contributed by atoms with Crippen molar-refractivity contribution in [3.63, 3.8) is 0 Å². The molecule has 2 aromatic carbocycles. The van der Waals surface area contributed by atoms with Crippen LogP contribution in [0.3, 0.4) is 0 Å². The number of urea groups is 1. The van der Waals surface area contributed by atoms with Crippen molar-refractivity contribution in [2.75, 3.05) is 11.9 Å². The number of imide groups is 1. The molecule has 192 valence electrons. The average molecular weight is 521 g/mol. The molecule has 4 rings (SSSR count). The maximum atomic E-state index is 13.6. The number of carbonyl (C=O) groups is 4. The van der Waals surface area contributed by atoms with E-state index in [1.165, 1.54) is 0 Å². The Labute approximate surface area is 218 Å². The van der Waals surface area contributed by atoms with Gasteiger partial charge in [-0.05, 0) is 30.2 Å². The molecule has 1 saturated heterocycles. The van der Waals surface area contributed by atoms with Crippen LogP contribution in [-0.2, 0) is 9.59 Å².